The van der Waals surface area contributed by atoms with Crippen molar-refractivity contribution in [2.45, 2.75) is 26.4 Å². The van der Waals surface area contributed by atoms with Gasteiger partial charge in [0, 0.05) is 11.5 Å². The monoisotopic (exact) mass is 278 g/mol. The molecule has 1 atom stereocenters. The summed E-state index contributed by atoms with van der Waals surface area (Å²) in [6.07, 6.45) is -0.277. The maximum Gasteiger partial charge on any atom is 0.306 e. The third kappa shape index (κ3) is 5.88. The molecule has 0 aliphatic heterocycles. The van der Waals surface area contributed by atoms with Crippen molar-refractivity contribution in [1.82, 2.24) is 5.32 Å². The molecular formula is C13H18N4O3. The van der Waals surface area contributed by atoms with Crippen molar-refractivity contribution in [1.29, 1.82) is 0 Å². The lowest BCUT2D eigenvalue weighted by Gasteiger charge is -2.10. The largest absolute Gasteiger partial charge is 0.469 e. The van der Waals surface area contributed by atoms with Crippen molar-refractivity contribution in [3.8, 4) is 0 Å². The van der Waals surface area contributed by atoms with Gasteiger partial charge < -0.3 is 10.1 Å². The summed E-state index contributed by atoms with van der Waals surface area (Å²) >= 11 is 0. The number of methoxy groups -OCH3 is 1. The first-order chi connectivity index (χ1) is 9.17. The van der Waals surface area contributed by atoms with Crippen molar-refractivity contribution < 1.29 is 14.3 Å². The average molecular weight is 278 g/mol. The molecule has 108 valence electrons. The predicted octanol–water partition coefficient (Wildman–Crippen LogP) is 2.18. The van der Waals surface area contributed by atoms with Gasteiger partial charge in [-0.15, -0.1) is 0 Å². The number of hydrogen-bond donors (Lipinski definition) is 1. The number of ether oxygens (including phenoxy) is 1. The molecule has 0 heterocycles. The molecule has 0 spiro atoms. The minimum atomic E-state index is -1.10. The summed E-state index contributed by atoms with van der Waals surface area (Å²) in [6.45, 7) is 0.304. The molecule has 0 aliphatic carbocycles. The summed E-state index contributed by atoms with van der Waals surface area (Å²) in [5.74, 6) is -1.11. The van der Waals surface area contributed by atoms with Crippen molar-refractivity contribution >= 4 is 11.9 Å². The Balaban J connectivity index is 0.00000361. The predicted molar refractivity (Wildman–Crippen MR) is 74.6 cm³/mol. The molecule has 7 nitrogen and oxygen atoms in total. The fourth-order valence-corrected chi connectivity index (χ4v) is 1.39. The van der Waals surface area contributed by atoms with Crippen LogP contribution in [0.5, 0.6) is 0 Å². The number of carbonyl (C=O) groups excluding carboxylic acids is 2. The number of carbonyl (C=O) groups is 2. The second-order valence-electron chi connectivity index (χ2n) is 3.70. The molecule has 1 unspecified atom stereocenters. The average Bonchev–Trinajstić information content (AvgIpc) is 2.45. The first kappa shape index (κ1) is 17.5. The van der Waals surface area contributed by atoms with Gasteiger partial charge in [0.05, 0.1) is 13.5 Å². The summed E-state index contributed by atoms with van der Waals surface area (Å²) in [6, 6.07) is 8.17. The Morgan fingerprint density at radius 3 is 2.60 bits per heavy atom. The van der Waals surface area contributed by atoms with Crippen LogP contribution >= 0.6 is 0 Å². The summed E-state index contributed by atoms with van der Waals surface area (Å²) in [4.78, 5) is 25.4. The third-order valence-corrected chi connectivity index (χ3v) is 2.39. The molecule has 1 rings (SSSR count). The highest BCUT2D eigenvalue weighted by atomic mass is 16.5. The highest BCUT2D eigenvalue weighted by molar-refractivity contribution is 5.86. The van der Waals surface area contributed by atoms with Crippen LogP contribution in [0.2, 0.25) is 0 Å². The van der Waals surface area contributed by atoms with Crippen LogP contribution in [-0.4, -0.2) is 25.0 Å². The van der Waals surface area contributed by atoms with E-state index in [1.54, 1.807) is 0 Å². The van der Waals surface area contributed by atoms with Gasteiger partial charge in [0.2, 0.25) is 5.91 Å². The fraction of sp³-hybridized carbons (Fsp3) is 0.385. The summed E-state index contributed by atoms with van der Waals surface area (Å²) in [5.41, 5.74) is 9.29. The zero-order chi connectivity index (χ0) is 14.1. The summed E-state index contributed by atoms with van der Waals surface area (Å²) < 4.78 is 4.44. The standard InChI is InChI=1S/C12H14N4O3.CH4/c1-19-11(17)7-10(15-16-13)12(18)14-8-9-5-3-2-4-6-9;/h2-6,10H,7-8H2,1H3,(H,14,18);1H4. The van der Waals surface area contributed by atoms with Crippen LogP contribution in [0.3, 0.4) is 0 Å². The van der Waals surface area contributed by atoms with Gasteiger partial charge >= 0.3 is 5.97 Å². The number of rotatable bonds is 6. The number of nitrogens with one attached hydrogen (secondary N) is 1. The summed E-state index contributed by atoms with van der Waals surface area (Å²) in [5, 5.41) is 5.89. The first-order valence-electron chi connectivity index (χ1n) is 5.60. The Kier molecular flexibility index (Phi) is 8.22. The Morgan fingerprint density at radius 1 is 1.40 bits per heavy atom. The maximum absolute atomic E-state index is 11.8. The van der Waals surface area contributed by atoms with Gasteiger partial charge in [0.15, 0.2) is 0 Å². The van der Waals surface area contributed by atoms with Gasteiger partial charge in [-0.05, 0) is 11.1 Å². The number of amides is 1. The first-order valence-corrected chi connectivity index (χ1v) is 5.60. The van der Waals surface area contributed by atoms with Gasteiger partial charge in [-0.2, -0.15) is 0 Å². The highest BCUT2D eigenvalue weighted by Crippen LogP contribution is 2.03. The minimum Gasteiger partial charge on any atom is -0.469 e. The van der Waals surface area contributed by atoms with E-state index in [1.807, 2.05) is 30.3 Å². The van der Waals surface area contributed by atoms with Gasteiger partial charge in [-0.1, -0.05) is 42.9 Å². The van der Waals surface area contributed by atoms with E-state index in [4.69, 9.17) is 5.53 Å². The molecule has 0 aromatic heterocycles. The van der Waals surface area contributed by atoms with Crippen LogP contribution in [0.25, 0.3) is 10.4 Å². The molecular weight excluding hydrogens is 260 g/mol. The Bertz CT molecular complexity index is 484. The molecule has 20 heavy (non-hydrogen) atoms. The lowest BCUT2D eigenvalue weighted by atomic mass is 10.2. The van der Waals surface area contributed by atoms with E-state index < -0.39 is 17.9 Å². The molecule has 1 aromatic carbocycles. The van der Waals surface area contributed by atoms with E-state index in [0.717, 1.165) is 5.56 Å². The van der Waals surface area contributed by atoms with Crippen LogP contribution in [0.15, 0.2) is 35.4 Å². The zero-order valence-electron chi connectivity index (χ0n) is 10.4. The Morgan fingerprint density at radius 2 is 2.05 bits per heavy atom. The van der Waals surface area contributed by atoms with Crippen molar-refractivity contribution in [3.63, 3.8) is 0 Å². The van der Waals surface area contributed by atoms with Crippen LogP contribution in [0.4, 0.5) is 0 Å². The number of benzene rings is 1. The van der Waals surface area contributed by atoms with Gasteiger partial charge in [0.25, 0.3) is 0 Å². The molecule has 0 fully saturated rings. The second kappa shape index (κ2) is 9.41. The van der Waals surface area contributed by atoms with Crippen molar-refractivity contribution in [2.75, 3.05) is 7.11 Å². The van der Waals surface area contributed by atoms with Crippen LogP contribution < -0.4 is 5.32 Å². The number of hydrogen-bond acceptors (Lipinski definition) is 4. The van der Waals surface area contributed by atoms with Gasteiger partial charge in [0.1, 0.15) is 6.04 Å². The lowest BCUT2D eigenvalue weighted by Crippen LogP contribution is -2.34. The zero-order valence-corrected chi connectivity index (χ0v) is 10.4. The quantitative estimate of drug-likeness (QED) is 0.373. The fourth-order valence-electron chi connectivity index (χ4n) is 1.39. The molecule has 7 heteroatoms. The van der Waals surface area contributed by atoms with Crippen LogP contribution in [0.1, 0.15) is 19.4 Å². The molecule has 0 saturated carbocycles. The van der Waals surface area contributed by atoms with Crippen LogP contribution in [0, 0.1) is 0 Å². The minimum absolute atomic E-state index is 0. The van der Waals surface area contributed by atoms with Crippen LogP contribution in [-0.2, 0) is 20.9 Å². The molecule has 0 radical (unpaired) electrons. The van der Waals surface area contributed by atoms with Gasteiger partial charge in [-0.25, -0.2) is 0 Å². The van der Waals surface area contributed by atoms with Crippen molar-refractivity contribution in [3.05, 3.63) is 46.3 Å². The molecule has 1 N–H and O–H groups in total. The SMILES string of the molecule is C.COC(=O)CC(N=[N+]=[N-])C(=O)NCc1ccccc1. The van der Waals surface area contributed by atoms with Gasteiger partial charge in [-0.3, -0.25) is 9.59 Å². The Hall–Kier alpha value is -2.53. The number of azide groups is 1. The second-order valence-corrected chi connectivity index (χ2v) is 3.70. The third-order valence-electron chi connectivity index (χ3n) is 2.39. The molecule has 0 bridgehead atoms. The molecule has 0 aliphatic rings. The summed E-state index contributed by atoms with van der Waals surface area (Å²) in [7, 11) is 1.21. The van der Waals surface area contributed by atoms with E-state index in [0.29, 0.717) is 6.54 Å². The molecule has 0 saturated heterocycles. The number of nitrogens with zero attached hydrogens (tertiary/aromatic N) is 3. The van der Waals surface area contributed by atoms with Crippen molar-refractivity contribution in [2.24, 2.45) is 5.11 Å². The Labute approximate surface area is 117 Å². The number of esters is 1. The molecule has 1 amide bonds. The topological polar surface area (TPSA) is 104 Å². The highest BCUT2D eigenvalue weighted by Gasteiger charge is 2.20. The van der Waals surface area contributed by atoms with E-state index in [-0.39, 0.29) is 13.8 Å². The lowest BCUT2D eigenvalue weighted by molar-refractivity contribution is -0.142. The maximum atomic E-state index is 11.8. The smallest absolute Gasteiger partial charge is 0.306 e. The van der Waals surface area contributed by atoms with E-state index in [1.165, 1.54) is 7.11 Å². The normalized spacial score (nSPS) is 10.4. The van der Waals surface area contributed by atoms with E-state index in [2.05, 4.69) is 20.1 Å². The van der Waals surface area contributed by atoms with E-state index in [9.17, 15) is 9.59 Å². The van der Waals surface area contributed by atoms with E-state index >= 15 is 0 Å². The molecule has 1 aromatic rings.